The third-order valence-corrected chi connectivity index (χ3v) is 9.72. The molecule has 3 rings (SSSR count). The van der Waals surface area contributed by atoms with Crippen molar-refractivity contribution in [2.45, 2.75) is 118 Å². The van der Waals surface area contributed by atoms with Crippen molar-refractivity contribution in [3.63, 3.8) is 0 Å². The highest BCUT2D eigenvalue weighted by molar-refractivity contribution is 6.37. The summed E-state index contributed by atoms with van der Waals surface area (Å²) >= 11 is 0. The normalized spacial score (nSPS) is 22.8. The lowest BCUT2D eigenvalue weighted by atomic mass is 9.80. The third kappa shape index (κ3) is 9.34. The minimum atomic E-state index is -1.10. The van der Waals surface area contributed by atoms with Crippen LogP contribution < -0.4 is 21.7 Å². The van der Waals surface area contributed by atoms with Gasteiger partial charge in [0.1, 0.15) is 12.1 Å². The quantitative estimate of drug-likeness (QED) is 0.235. The van der Waals surface area contributed by atoms with Gasteiger partial charge < -0.3 is 36.2 Å². The number of hydrogen-bond acceptors (Lipinski definition) is 7. The summed E-state index contributed by atoms with van der Waals surface area (Å²) in [5, 5.41) is 8.65. The largest absolute Gasteiger partial charge is 0.449 e. The molecule has 5 atom stereocenters. The van der Waals surface area contributed by atoms with E-state index in [4.69, 9.17) is 10.5 Å². The Kier molecular flexibility index (Phi) is 12.1. The number of hydrogen-bond donors (Lipinski definition) is 4. The maximum Gasteiger partial charge on any atom is 0.409 e. The predicted octanol–water partition coefficient (Wildman–Crippen LogP) is 2.56. The zero-order chi connectivity index (χ0) is 34.6. The Morgan fingerprint density at radius 1 is 0.913 bits per heavy atom. The van der Waals surface area contributed by atoms with E-state index in [1.165, 1.54) is 4.90 Å². The van der Waals surface area contributed by atoms with Gasteiger partial charge in [0, 0.05) is 19.6 Å². The Balaban J connectivity index is 1.81. The lowest BCUT2D eigenvalue weighted by Crippen LogP contribution is -2.62. The maximum atomic E-state index is 14.3. The van der Waals surface area contributed by atoms with Crippen molar-refractivity contribution in [3.8, 4) is 0 Å². The number of rotatable bonds is 12. The van der Waals surface area contributed by atoms with Crippen LogP contribution in [0.2, 0.25) is 0 Å². The number of Topliss-reactive ketones (excluding diaryl/α,β-unsaturated/α-hetero) is 1. The van der Waals surface area contributed by atoms with Gasteiger partial charge in [-0.15, -0.1) is 0 Å². The smallest absolute Gasteiger partial charge is 0.409 e. The van der Waals surface area contributed by atoms with E-state index >= 15 is 0 Å². The average molecular weight is 649 g/mol. The number of cyclic esters (lactones) is 1. The van der Waals surface area contributed by atoms with Crippen LogP contribution in [-0.4, -0.2) is 95.8 Å². The fourth-order valence-corrected chi connectivity index (χ4v) is 6.48. The second kappa shape index (κ2) is 15.0. The molecule has 0 aromatic rings. The molecule has 1 unspecified atom stereocenters. The highest BCUT2D eigenvalue weighted by Gasteiger charge is 2.48. The summed E-state index contributed by atoms with van der Waals surface area (Å²) in [7, 11) is 0. The summed E-state index contributed by atoms with van der Waals surface area (Å²) < 4.78 is 5.17. The van der Waals surface area contributed by atoms with Crippen molar-refractivity contribution in [2.75, 3.05) is 26.2 Å². The van der Waals surface area contributed by atoms with Crippen LogP contribution in [0.1, 0.15) is 93.9 Å². The Bertz CT molecular complexity index is 1160. The van der Waals surface area contributed by atoms with Crippen LogP contribution in [0.3, 0.4) is 0 Å². The molecule has 1 saturated carbocycles. The van der Waals surface area contributed by atoms with Crippen LogP contribution in [0, 0.1) is 28.6 Å². The van der Waals surface area contributed by atoms with Crippen molar-refractivity contribution in [3.05, 3.63) is 0 Å². The van der Waals surface area contributed by atoms with Crippen LogP contribution in [-0.2, 0) is 23.9 Å². The minimum absolute atomic E-state index is 0.0452. The number of ether oxygens (including phenoxy) is 1. The number of primary amides is 1. The number of carbonyl (C=O) groups is 6. The Labute approximate surface area is 273 Å². The van der Waals surface area contributed by atoms with Gasteiger partial charge in [-0.05, 0) is 47.8 Å². The molecule has 0 aromatic heterocycles. The molecule has 0 aromatic carbocycles. The Hall–Kier alpha value is -3.38. The molecule has 2 aliphatic heterocycles. The van der Waals surface area contributed by atoms with Crippen LogP contribution >= 0.6 is 0 Å². The third-order valence-electron chi connectivity index (χ3n) is 9.72. The second-order valence-corrected chi connectivity index (χ2v) is 15.7. The molecule has 3 aliphatic rings. The summed E-state index contributed by atoms with van der Waals surface area (Å²) in [6.07, 6.45) is 4.05. The molecule has 13 nitrogen and oxygen atoms in total. The van der Waals surface area contributed by atoms with Gasteiger partial charge in [0.25, 0.3) is 5.91 Å². The van der Waals surface area contributed by atoms with E-state index in [1.807, 2.05) is 55.4 Å². The topological polar surface area (TPSA) is 180 Å². The van der Waals surface area contributed by atoms with Gasteiger partial charge in [0.2, 0.25) is 17.6 Å². The van der Waals surface area contributed by atoms with E-state index in [0.717, 1.165) is 19.3 Å². The van der Waals surface area contributed by atoms with Crippen molar-refractivity contribution < 1.29 is 33.5 Å². The van der Waals surface area contributed by atoms with Gasteiger partial charge in [-0.2, -0.15) is 0 Å². The molecular weight excluding hydrogens is 592 g/mol. The molecule has 46 heavy (non-hydrogen) atoms. The molecule has 0 bridgehead atoms. The van der Waals surface area contributed by atoms with Gasteiger partial charge in [-0.25, -0.2) is 9.59 Å². The number of ketones is 1. The van der Waals surface area contributed by atoms with E-state index in [-0.39, 0.29) is 24.3 Å². The maximum absolute atomic E-state index is 14.3. The molecule has 260 valence electrons. The first-order valence-electron chi connectivity index (χ1n) is 16.7. The zero-order valence-corrected chi connectivity index (χ0v) is 28.9. The number of urea groups is 1. The zero-order valence-electron chi connectivity index (χ0n) is 28.9. The van der Waals surface area contributed by atoms with Gasteiger partial charge in [-0.1, -0.05) is 74.7 Å². The average Bonchev–Trinajstić information content (AvgIpc) is 3.37. The van der Waals surface area contributed by atoms with E-state index in [9.17, 15) is 28.8 Å². The molecular formula is C33H56N6O7. The van der Waals surface area contributed by atoms with E-state index in [0.29, 0.717) is 39.0 Å². The Morgan fingerprint density at radius 2 is 1.57 bits per heavy atom. The summed E-state index contributed by atoms with van der Waals surface area (Å²) in [5.74, 6) is -2.77. The van der Waals surface area contributed by atoms with Crippen molar-refractivity contribution in [2.24, 2.45) is 34.3 Å². The van der Waals surface area contributed by atoms with Gasteiger partial charge in [0.05, 0.1) is 18.7 Å². The summed E-state index contributed by atoms with van der Waals surface area (Å²) in [4.78, 5) is 81.7. The summed E-state index contributed by atoms with van der Waals surface area (Å²) in [5.41, 5.74) is 4.18. The lowest BCUT2D eigenvalue weighted by molar-refractivity contribution is -0.144. The summed E-state index contributed by atoms with van der Waals surface area (Å²) in [6, 6.07) is -3.94. The number of likely N-dealkylation sites (tertiary alicyclic amines) is 1. The van der Waals surface area contributed by atoms with Gasteiger partial charge in [0.15, 0.2) is 0 Å². The van der Waals surface area contributed by atoms with Crippen LogP contribution in [0.5, 0.6) is 0 Å². The number of nitrogens with zero attached hydrogens (tertiary/aromatic N) is 2. The molecule has 5 N–H and O–H groups in total. The highest BCUT2D eigenvalue weighted by atomic mass is 16.6. The van der Waals surface area contributed by atoms with Crippen molar-refractivity contribution in [1.82, 2.24) is 25.8 Å². The first-order valence-corrected chi connectivity index (χ1v) is 16.7. The van der Waals surface area contributed by atoms with E-state index in [1.54, 1.807) is 4.90 Å². The molecule has 1 aliphatic carbocycles. The lowest BCUT2D eigenvalue weighted by Gasteiger charge is -2.39. The number of nitrogens with two attached hydrogens (primary N) is 1. The van der Waals surface area contributed by atoms with Crippen molar-refractivity contribution in [1.29, 1.82) is 0 Å². The second-order valence-electron chi connectivity index (χ2n) is 15.7. The van der Waals surface area contributed by atoms with E-state index < -0.39 is 70.6 Å². The SMILES string of the molecule is CC(C)[C@H]1CCN(C(=O)[C@@H](NC(=O)N[C@H](CN2CCCOC2=O)C(C)(C)C)C(C)(C)C)[C@@H]1C(=O)NC(CC1CCC1)C(=O)C(N)=O. The number of carbonyl (C=O) groups excluding carboxylic acids is 6. The molecule has 2 saturated heterocycles. The fraction of sp³-hybridized carbons (Fsp3) is 0.818. The van der Waals surface area contributed by atoms with Crippen LogP contribution in [0.15, 0.2) is 0 Å². The highest BCUT2D eigenvalue weighted by Crippen LogP contribution is 2.34. The standard InChI is InChI=1S/C33H56N6O7/c1-19(2)21-13-15-39(24(21)28(42)35-22(25(40)27(34)41)17-20-11-9-12-20)29(43)26(33(6,7)8)37-30(44)36-23(32(3,4)5)18-38-14-10-16-46-31(38)45/h19-24,26H,9-18H2,1-8H3,(H2,34,41)(H,35,42)(H2,36,37,44)/t21-,22?,23-,24+,26-/m1/s1. The number of nitrogens with one attached hydrogen (secondary N) is 3. The van der Waals surface area contributed by atoms with Crippen LogP contribution in [0.4, 0.5) is 9.59 Å². The molecule has 2 heterocycles. The Morgan fingerprint density at radius 3 is 2.07 bits per heavy atom. The molecule has 3 fully saturated rings. The van der Waals surface area contributed by atoms with Crippen LogP contribution in [0.25, 0.3) is 0 Å². The van der Waals surface area contributed by atoms with Gasteiger partial charge >= 0.3 is 12.1 Å². The molecule has 0 spiro atoms. The first-order chi connectivity index (χ1) is 21.3. The predicted molar refractivity (Wildman–Crippen MR) is 172 cm³/mol. The fourth-order valence-electron chi connectivity index (χ4n) is 6.48. The molecule has 13 heteroatoms. The monoisotopic (exact) mass is 648 g/mol. The molecule has 6 amide bonds. The summed E-state index contributed by atoms with van der Waals surface area (Å²) in [6.45, 7) is 16.8. The van der Waals surface area contributed by atoms with Gasteiger partial charge in [-0.3, -0.25) is 19.2 Å². The molecule has 0 radical (unpaired) electrons. The van der Waals surface area contributed by atoms with Crippen molar-refractivity contribution >= 4 is 35.6 Å². The minimum Gasteiger partial charge on any atom is -0.449 e. The first kappa shape index (κ1) is 37.1. The van der Waals surface area contributed by atoms with E-state index in [2.05, 4.69) is 16.0 Å². The number of amides is 6.